The van der Waals surface area contributed by atoms with Gasteiger partial charge in [-0.1, -0.05) is 6.08 Å². The molecule has 2 bridgehead atoms. The molecular weight excluding hydrogens is 406 g/mol. The average Bonchev–Trinajstić information content (AvgIpc) is 3.21. The van der Waals surface area contributed by atoms with Gasteiger partial charge in [0.2, 0.25) is 5.88 Å². The van der Waals surface area contributed by atoms with Crippen molar-refractivity contribution >= 4 is 35.6 Å². The van der Waals surface area contributed by atoms with Gasteiger partial charge in [-0.15, -0.1) is 0 Å². The minimum atomic E-state index is -0.285. The van der Waals surface area contributed by atoms with Crippen molar-refractivity contribution in [3.8, 4) is 5.88 Å². The Morgan fingerprint density at radius 2 is 2.22 bits per heavy atom. The van der Waals surface area contributed by atoms with Gasteiger partial charge in [-0.25, -0.2) is 9.78 Å². The van der Waals surface area contributed by atoms with Gasteiger partial charge in [-0.3, -0.25) is 20.2 Å². The third kappa shape index (κ3) is 4.18. The van der Waals surface area contributed by atoms with E-state index in [-0.39, 0.29) is 12.1 Å². The third-order valence-electron chi connectivity index (χ3n) is 5.53. The van der Waals surface area contributed by atoms with Crippen LogP contribution in [0.4, 0.5) is 22.1 Å². The molecule has 1 saturated heterocycles. The molecule has 0 radical (unpaired) electrons. The molecule has 4 heterocycles. The van der Waals surface area contributed by atoms with Gasteiger partial charge in [0.05, 0.1) is 36.4 Å². The number of allylic oxidation sites excluding steroid dienone is 4. The molecule has 9 nitrogen and oxygen atoms in total. The van der Waals surface area contributed by atoms with Crippen LogP contribution in [0, 0.1) is 0 Å². The smallest absolute Gasteiger partial charge is 0.329 e. The zero-order valence-electron chi connectivity index (χ0n) is 18.6. The lowest BCUT2D eigenvalue weighted by Crippen LogP contribution is -2.48. The molecule has 0 unspecified atom stereocenters. The number of rotatable bonds is 6. The van der Waals surface area contributed by atoms with E-state index in [0.29, 0.717) is 24.1 Å². The molecule has 4 rings (SSSR count). The average molecular weight is 434 g/mol. The number of urea groups is 1. The van der Waals surface area contributed by atoms with Crippen LogP contribution in [-0.4, -0.2) is 53.4 Å². The van der Waals surface area contributed by atoms with Crippen LogP contribution in [0.2, 0.25) is 0 Å². The molecule has 32 heavy (non-hydrogen) atoms. The van der Waals surface area contributed by atoms with Crippen molar-refractivity contribution in [2.75, 3.05) is 34.8 Å². The van der Waals surface area contributed by atoms with Gasteiger partial charge in [-0.2, -0.15) is 4.98 Å². The van der Waals surface area contributed by atoms with Crippen molar-refractivity contribution in [1.82, 2.24) is 15.0 Å². The lowest BCUT2D eigenvalue weighted by molar-refractivity contribution is 0.254. The number of hydrogen-bond donors (Lipinski definition) is 1. The van der Waals surface area contributed by atoms with Gasteiger partial charge in [0, 0.05) is 18.8 Å². The molecule has 0 saturated carbocycles. The highest BCUT2D eigenvalue weighted by molar-refractivity contribution is 6.04. The molecule has 0 aliphatic carbocycles. The molecule has 166 valence electrons. The number of nitrogens with zero attached hydrogens (tertiary/aromatic N) is 6. The van der Waals surface area contributed by atoms with Crippen LogP contribution >= 0.6 is 0 Å². The number of carbonyl (C=O) groups excluding carboxylic acids is 1. The number of amides is 2. The maximum absolute atomic E-state index is 13.4. The van der Waals surface area contributed by atoms with Gasteiger partial charge in [0.1, 0.15) is 0 Å². The van der Waals surface area contributed by atoms with Gasteiger partial charge >= 0.3 is 6.03 Å². The van der Waals surface area contributed by atoms with Gasteiger partial charge in [0.25, 0.3) is 0 Å². The predicted molar refractivity (Wildman–Crippen MR) is 127 cm³/mol. The van der Waals surface area contributed by atoms with E-state index in [1.807, 2.05) is 45.1 Å². The number of aromatic nitrogens is 3. The number of nitrogens with one attached hydrogen (secondary N) is 1. The van der Waals surface area contributed by atoms with E-state index in [4.69, 9.17) is 9.72 Å². The monoisotopic (exact) mass is 433 g/mol. The molecule has 1 fully saturated rings. The summed E-state index contributed by atoms with van der Waals surface area (Å²) in [6, 6.07) is 3.76. The van der Waals surface area contributed by atoms with Crippen molar-refractivity contribution in [3.05, 3.63) is 48.1 Å². The van der Waals surface area contributed by atoms with Gasteiger partial charge in [0.15, 0.2) is 11.6 Å². The summed E-state index contributed by atoms with van der Waals surface area (Å²) in [5.41, 5.74) is 3.43. The number of fused-ring (bicyclic) bond motifs is 4. The second-order valence-electron chi connectivity index (χ2n) is 7.59. The maximum atomic E-state index is 13.4. The van der Waals surface area contributed by atoms with Crippen molar-refractivity contribution in [1.29, 1.82) is 0 Å². The van der Waals surface area contributed by atoms with E-state index in [9.17, 15) is 4.79 Å². The molecular formula is C23H27N7O2. The molecule has 2 aromatic heterocycles. The SMILES string of the molecule is C=N/C(C)=C\C(=C/C)c1ccc2c(n1)N(C(=O)Nc1cncc(OCC)n1)[C@H]1CCN2C1. The summed E-state index contributed by atoms with van der Waals surface area (Å²) < 4.78 is 5.39. The van der Waals surface area contributed by atoms with Crippen molar-refractivity contribution in [2.45, 2.75) is 33.2 Å². The van der Waals surface area contributed by atoms with Crippen LogP contribution in [0.5, 0.6) is 5.88 Å². The molecule has 0 spiro atoms. The fourth-order valence-electron chi connectivity index (χ4n) is 4.00. The molecule has 1 atom stereocenters. The Morgan fingerprint density at radius 1 is 1.38 bits per heavy atom. The summed E-state index contributed by atoms with van der Waals surface area (Å²) in [5.74, 6) is 1.34. The second kappa shape index (κ2) is 9.17. The first kappa shape index (κ1) is 21.5. The predicted octanol–water partition coefficient (Wildman–Crippen LogP) is 3.91. The van der Waals surface area contributed by atoms with Crippen LogP contribution in [0.3, 0.4) is 0 Å². The van der Waals surface area contributed by atoms with E-state index >= 15 is 0 Å². The Kier molecular flexibility index (Phi) is 6.16. The Labute approximate surface area is 187 Å². The summed E-state index contributed by atoms with van der Waals surface area (Å²) in [6.07, 6.45) is 7.80. The van der Waals surface area contributed by atoms with Crippen LogP contribution in [0.15, 0.2) is 47.4 Å². The van der Waals surface area contributed by atoms with Crippen molar-refractivity contribution in [2.24, 2.45) is 4.99 Å². The topological polar surface area (TPSA) is 95.8 Å². The Morgan fingerprint density at radius 3 is 2.97 bits per heavy atom. The Hall–Kier alpha value is -3.75. The zero-order valence-corrected chi connectivity index (χ0v) is 18.6. The summed E-state index contributed by atoms with van der Waals surface area (Å²) in [5, 5.41) is 2.86. The quantitative estimate of drug-likeness (QED) is 0.548. The number of anilines is 3. The third-order valence-corrected chi connectivity index (χ3v) is 5.53. The molecule has 2 amide bonds. The number of pyridine rings is 1. The molecule has 0 aromatic carbocycles. The summed E-state index contributed by atoms with van der Waals surface area (Å²) in [6.45, 7) is 11.4. The number of hydrogen-bond acceptors (Lipinski definition) is 7. The van der Waals surface area contributed by atoms with Crippen molar-refractivity contribution < 1.29 is 9.53 Å². The minimum absolute atomic E-state index is 0.0365. The first-order valence-electron chi connectivity index (χ1n) is 10.7. The number of aliphatic imine (C=N–C) groups is 1. The van der Waals surface area contributed by atoms with Crippen LogP contribution in [-0.2, 0) is 0 Å². The highest BCUT2D eigenvalue weighted by Gasteiger charge is 2.40. The van der Waals surface area contributed by atoms with E-state index in [1.54, 1.807) is 4.90 Å². The minimum Gasteiger partial charge on any atom is -0.477 e. The highest BCUT2D eigenvalue weighted by atomic mass is 16.5. The van der Waals surface area contributed by atoms with Crippen LogP contribution in [0.25, 0.3) is 5.57 Å². The molecule has 1 N–H and O–H groups in total. The first-order valence-corrected chi connectivity index (χ1v) is 10.7. The lowest BCUT2D eigenvalue weighted by atomic mass is 10.1. The maximum Gasteiger partial charge on any atom is 0.329 e. The molecule has 2 aliphatic heterocycles. The van der Waals surface area contributed by atoms with E-state index in [2.05, 4.69) is 31.9 Å². The van der Waals surface area contributed by atoms with E-state index < -0.39 is 0 Å². The van der Waals surface area contributed by atoms with Gasteiger partial charge < -0.3 is 9.64 Å². The summed E-state index contributed by atoms with van der Waals surface area (Å²) >= 11 is 0. The fourth-order valence-corrected chi connectivity index (χ4v) is 4.00. The molecule has 2 aromatic rings. The summed E-state index contributed by atoms with van der Waals surface area (Å²) in [7, 11) is 0. The Balaban J connectivity index is 1.68. The Bertz CT molecular complexity index is 1100. The van der Waals surface area contributed by atoms with Crippen LogP contribution in [0.1, 0.15) is 32.9 Å². The molecule has 2 aliphatic rings. The van der Waals surface area contributed by atoms with Gasteiger partial charge in [-0.05, 0) is 57.7 Å². The van der Waals surface area contributed by atoms with E-state index in [0.717, 1.165) is 42.2 Å². The lowest BCUT2D eigenvalue weighted by Gasteiger charge is -2.35. The normalized spacial score (nSPS) is 17.8. The summed E-state index contributed by atoms with van der Waals surface area (Å²) in [4.78, 5) is 34.7. The molecule has 9 heteroatoms. The first-order chi connectivity index (χ1) is 15.5. The standard InChI is InChI=1S/C23H27N7O2/c1-5-16(11-15(3)24-4)18-7-8-19-22(26-18)30(17-9-10-29(19)14-17)23(31)28-20-12-25-13-21(27-20)32-6-2/h5,7-8,11-13,17H,4,6,9-10,14H2,1-3H3,(H,27,28,31)/b15-11-,16-5+/t17-/m0/s1. The largest absolute Gasteiger partial charge is 0.477 e. The number of carbonyl (C=O) groups is 1. The van der Waals surface area contributed by atoms with Crippen molar-refractivity contribution in [3.63, 3.8) is 0 Å². The zero-order chi connectivity index (χ0) is 22.7. The van der Waals surface area contributed by atoms with E-state index in [1.165, 1.54) is 12.4 Å². The highest BCUT2D eigenvalue weighted by Crippen LogP contribution is 2.40. The number of ether oxygens (including phenoxy) is 1. The van der Waals surface area contributed by atoms with Crippen LogP contribution < -0.4 is 19.9 Å². The fraction of sp³-hybridized carbons (Fsp3) is 0.348. The second-order valence-corrected chi connectivity index (χ2v) is 7.59.